The van der Waals surface area contributed by atoms with Crippen molar-refractivity contribution in [3.05, 3.63) is 32.9 Å². The van der Waals surface area contributed by atoms with Gasteiger partial charge in [0.1, 0.15) is 0 Å². The van der Waals surface area contributed by atoms with E-state index < -0.39 is 11.9 Å². The topological polar surface area (TPSA) is 74.6 Å². The highest BCUT2D eigenvalue weighted by Gasteiger charge is 1.90. The molecule has 0 aromatic heterocycles. The predicted molar refractivity (Wildman–Crippen MR) is 75.3 cm³/mol. The number of halogens is 1. The number of hydrogen-bond donors (Lipinski definition) is 2. The highest BCUT2D eigenvalue weighted by Crippen LogP contribution is 2.11. The van der Waals surface area contributed by atoms with E-state index in [-0.39, 0.29) is 0 Å². The third kappa shape index (κ3) is 17.5. The Balaban J connectivity index is 0. The van der Waals surface area contributed by atoms with Gasteiger partial charge in [-0.2, -0.15) is 0 Å². The van der Waals surface area contributed by atoms with Crippen LogP contribution in [0.5, 0.6) is 0 Å². The molecule has 0 aliphatic rings. The van der Waals surface area contributed by atoms with Gasteiger partial charge in [0.15, 0.2) is 0 Å². The van der Waals surface area contributed by atoms with E-state index in [9.17, 15) is 0 Å². The average molecular weight is 352 g/mol. The van der Waals surface area contributed by atoms with Gasteiger partial charge >= 0.3 is 0 Å². The van der Waals surface area contributed by atoms with Gasteiger partial charge in [-0.15, -0.1) is 0 Å². The van der Waals surface area contributed by atoms with Crippen LogP contribution in [0.1, 0.15) is 25.0 Å². The van der Waals surface area contributed by atoms with Gasteiger partial charge in [0, 0.05) is 17.4 Å². The standard InChI is InChI=1S/C8H9I.2C2H4O2/c1-6-3-4-7(2)8(9)5-6;2*1-2(3)4/h3-5H,1-2H3;2*1H3,(H,3,4). The largest absolute Gasteiger partial charge is 0.481 e. The molecule has 0 amide bonds. The molecule has 5 heteroatoms. The fraction of sp³-hybridized carbons (Fsp3) is 0.333. The number of hydrogen-bond acceptors (Lipinski definition) is 2. The van der Waals surface area contributed by atoms with E-state index in [2.05, 4.69) is 54.6 Å². The summed E-state index contributed by atoms with van der Waals surface area (Å²) < 4.78 is 1.35. The first-order chi connectivity index (χ1) is 7.66. The quantitative estimate of drug-likeness (QED) is 0.704. The van der Waals surface area contributed by atoms with Gasteiger partial charge in [-0.25, -0.2) is 0 Å². The number of aliphatic carboxylic acids is 2. The van der Waals surface area contributed by atoms with Crippen LogP contribution < -0.4 is 0 Å². The smallest absolute Gasteiger partial charge is 0.300 e. The Labute approximate surface area is 115 Å². The fourth-order valence-corrected chi connectivity index (χ4v) is 1.37. The van der Waals surface area contributed by atoms with Crippen molar-refractivity contribution in [3.63, 3.8) is 0 Å². The van der Waals surface area contributed by atoms with Crippen LogP contribution in [0, 0.1) is 17.4 Å². The molecule has 0 aliphatic heterocycles. The average Bonchev–Trinajstić information content (AvgIpc) is 2.10. The summed E-state index contributed by atoms with van der Waals surface area (Å²) in [7, 11) is 0. The molecule has 0 aliphatic carbocycles. The highest BCUT2D eigenvalue weighted by atomic mass is 127. The summed E-state index contributed by atoms with van der Waals surface area (Å²) in [5.41, 5.74) is 2.70. The van der Waals surface area contributed by atoms with E-state index in [1.54, 1.807) is 0 Å². The zero-order valence-electron chi connectivity index (χ0n) is 10.3. The predicted octanol–water partition coefficient (Wildman–Crippen LogP) is 3.09. The van der Waals surface area contributed by atoms with Crippen LogP contribution in [0.4, 0.5) is 0 Å². The van der Waals surface area contributed by atoms with Crippen LogP contribution in [-0.4, -0.2) is 22.2 Å². The summed E-state index contributed by atoms with van der Waals surface area (Å²) in [6.45, 7) is 6.41. The maximum atomic E-state index is 9.00. The molecule has 0 fully saturated rings. The first-order valence-corrected chi connectivity index (χ1v) is 5.86. The molecule has 0 bridgehead atoms. The van der Waals surface area contributed by atoms with Gasteiger partial charge < -0.3 is 10.2 Å². The molecule has 96 valence electrons. The van der Waals surface area contributed by atoms with Crippen LogP contribution in [0.2, 0.25) is 0 Å². The van der Waals surface area contributed by atoms with Crippen LogP contribution in [0.25, 0.3) is 0 Å². The molecule has 0 spiro atoms. The number of carboxylic acid groups (broad SMARTS) is 2. The molecule has 0 saturated heterocycles. The number of aryl methyl sites for hydroxylation is 2. The minimum atomic E-state index is -0.833. The molecule has 4 nitrogen and oxygen atoms in total. The van der Waals surface area contributed by atoms with Crippen LogP contribution >= 0.6 is 22.6 Å². The summed E-state index contributed by atoms with van der Waals surface area (Å²) >= 11 is 2.35. The van der Waals surface area contributed by atoms with Crippen LogP contribution in [0.15, 0.2) is 18.2 Å². The van der Waals surface area contributed by atoms with E-state index in [0.717, 1.165) is 13.8 Å². The first-order valence-electron chi connectivity index (χ1n) is 4.78. The molecular weight excluding hydrogens is 335 g/mol. The Morgan fingerprint density at radius 3 is 1.65 bits per heavy atom. The molecule has 1 rings (SSSR count). The van der Waals surface area contributed by atoms with Gasteiger partial charge in [-0.3, -0.25) is 9.59 Å². The fourth-order valence-electron chi connectivity index (χ4n) is 0.698. The molecule has 17 heavy (non-hydrogen) atoms. The van der Waals surface area contributed by atoms with Gasteiger partial charge in [-0.05, 0) is 48.1 Å². The molecule has 0 heterocycles. The summed E-state index contributed by atoms with van der Waals surface area (Å²) in [4.78, 5) is 18.0. The second kappa shape index (κ2) is 10.1. The Morgan fingerprint density at radius 2 is 1.41 bits per heavy atom. The summed E-state index contributed by atoms with van der Waals surface area (Å²) in [5, 5.41) is 14.8. The summed E-state index contributed by atoms with van der Waals surface area (Å²) in [6.07, 6.45) is 0. The summed E-state index contributed by atoms with van der Waals surface area (Å²) in [6, 6.07) is 6.48. The van der Waals surface area contributed by atoms with Gasteiger partial charge in [-0.1, -0.05) is 17.7 Å². The normalized spacial score (nSPS) is 8.06. The third-order valence-corrected chi connectivity index (χ3v) is 2.49. The van der Waals surface area contributed by atoms with Crippen molar-refractivity contribution in [1.29, 1.82) is 0 Å². The van der Waals surface area contributed by atoms with Gasteiger partial charge in [0.2, 0.25) is 0 Å². The van der Waals surface area contributed by atoms with Gasteiger partial charge in [0.25, 0.3) is 11.9 Å². The lowest BCUT2D eigenvalue weighted by Gasteiger charge is -1.96. The number of benzene rings is 1. The second-order valence-electron chi connectivity index (χ2n) is 3.29. The minimum absolute atomic E-state index is 0.833. The number of rotatable bonds is 0. The molecule has 2 N–H and O–H groups in total. The van der Waals surface area contributed by atoms with Crippen molar-refractivity contribution in [2.24, 2.45) is 0 Å². The van der Waals surface area contributed by atoms with Crippen molar-refractivity contribution >= 4 is 34.5 Å². The van der Waals surface area contributed by atoms with E-state index in [4.69, 9.17) is 19.8 Å². The van der Waals surface area contributed by atoms with Crippen molar-refractivity contribution < 1.29 is 19.8 Å². The maximum Gasteiger partial charge on any atom is 0.300 e. The Hall–Kier alpha value is -1.11. The van der Waals surface area contributed by atoms with Crippen LogP contribution in [0.3, 0.4) is 0 Å². The third-order valence-electron chi connectivity index (χ3n) is 1.33. The molecule has 0 unspecified atom stereocenters. The van der Waals surface area contributed by atoms with E-state index in [0.29, 0.717) is 0 Å². The van der Waals surface area contributed by atoms with Gasteiger partial charge in [0.05, 0.1) is 0 Å². The Morgan fingerprint density at radius 1 is 1.06 bits per heavy atom. The lowest BCUT2D eigenvalue weighted by atomic mass is 10.2. The maximum absolute atomic E-state index is 9.00. The summed E-state index contributed by atoms with van der Waals surface area (Å²) in [5.74, 6) is -1.67. The number of carbonyl (C=O) groups is 2. The lowest BCUT2D eigenvalue weighted by Crippen LogP contribution is -1.79. The molecule has 0 saturated carbocycles. The van der Waals surface area contributed by atoms with Crippen molar-refractivity contribution in [1.82, 2.24) is 0 Å². The first kappa shape index (κ1) is 18.3. The molecule has 0 radical (unpaired) electrons. The number of carboxylic acids is 2. The highest BCUT2D eigenvalue weighted by molar-refractivity contribution is 14.1. The van der Waals surface area contributed by atoms with Crippen molar-refractivity contribution in [2.75, 3.05) is 0 Å². The second-order valence-corrected chi connectivity index (χ2v) is 4.45. The SMILES string of the molecule is CC(=O)O.CC(=O)O.Cc1ccc(C)c(I)c1. The zero-order valence-corrected chi connectivity index (χ0v) is 12.5. The monoisotopic (exact) mass is 352 g/mol. The Bertz CT molecular complexity index is 355. The molecule has 1 aromatic rings. The lowest BCUT2D eigenvalue weighted by molar-refractivity contribution is -0.135. The molecule has 1 aromatic carbocycles. The molecular formula is C12H17IO4. The van der Waals surface area contributed by atoms with Crippen molar-refractivity contribution in [3.8, 4) is 0 Å². The Kier molecular flexibility index (Phi) is 10.8. The van der Waals surface area contributed by atoms with E-state index in [1.807, 2.05) is 0 Å². The minimum Gasteiger partial charge on any atom is -0.481 e. The van der Waals surface area contributed by atoms with Crippen molar-refractivity contribution in [2.45, 2.75) is 27.7 Å². The zero-order chi connectivity index (χ0) is 14.0. The van der Waals surface area contributed by atoms with E-state index in [1.165, 1.54) is 14.7 Å². The molecule has 0 atom stereocenters. The van der Waals surface area contributed by atoms with E-state index >= 15 is 0 Å². The van der Waals surface area contributed by atoms with Crippen LogP contribution in [-0.2, 0) is 9.59 Å².